The van der Waals surface area contributed by atoms with Gasteiger partial charge in [-0.1, -0.05) is 30.3 Å². The van der Waals surface area contributed by atoms with Gasteiger partial charge in [0.25, 0.3) is 5.91 Å². The number of amides is 1. The highest BCUT2D eigenvalue weighted by atomic mass is 32.1. The molecule has 1 atom stereocenters. The van der Waals surface area contributed by atoms with Gasteiger partial charge in [-0.05, 0) is 55.9 Å². The fraction of sp³-hybridized carbons (Fsp3) is 0.294. The molecule has 0 fully saturated rings. The van der Waals surface area contributed by atoms with Crippen LogP contribution in [0.3, 0.4) is 0 Å². The van der Waals surface area contributed by atoms with Crippen LogP contribution < -0.4 is 20.9 Å². The molecule has 0 spiro atoms. The molecule has 0 saturated carbocycles. The average molecular weight is 331 g/mol. The summed E-state index contributed by atoms with van der Waals surface area (Å²) in [7, 11) is 0. The largest absolute Gasteiger partial charge is 0.481 e. The fourth-order valence-corrected chi connectivity index (χ4v) is 2.30. The van der Waals surface area contributed by atoms with Crippen molar-refractivity contribution in [1.29, 1.82) is 0 Å². The van der Waals surface area contributed by atoms with E-state index in [0.717, 1.165) is 10.8 Å². The van der Waals surface area contributed by atoms with Crippen LogP contribution in [0.1, 0.15) is 20.8 Å². The van der Waals surface area contributed by atoms with Crippen LogP contribution in [0.4, 0.5) is 0 Å². The molecule has 122 valence electrons. The van der Waals surface area contributed by atoms with Gasteiger partial charge in [0.1, 0.15) is 5.75 Å². The van der Waals surface area contributed by atoms with Crippen LogP contribution in [0.2, 0.25) is 0 Å². The van der Waals surface area contributed by atoms with Gasteiger partial charge in [0, 0.05) is 6.04 Å². The Labute approximate surface area is 141 Å². The first kappa shape index (κ1) is 17.0. The summed E-state index contributed by atoms with van der Waals surface area (Å²) in [5, 5.41) is 5.53. The molecular weight excluding hydrogens is 310 g/mol. The Bertz CT molecular complexity index is 703. The molecule has 2 rings (SSSR count). The molecular formula is C17H21N3O2S. The third-order valence-electron chi connectivity index (χ3n) is 3.12. The molecule has 1 amide bonds. The Kier molecular flexibility index (Phi) is 5.76. The van der Waals surface area contributed by atoms with E-state index in [1.54, 1.807) is 6.92 Å². The second-order valence-corrected chi connectivity index (χ2v) is 5.92. The zero-order chi connectivity index (χ0) is 16.8. The van der Waals surface area contributed by atoms with E-state index in [1.807, 2.05) is 56.3 Å². The fourth-order valence-electron chi connectivity index (χ4n) is 2.02. The maximum Gasteiger partial charge on any atom is 0.279 e. The normalized spacial score (nSPS) is 11.8. The van der Waals surface area contributed by atoms with Crippen molar-refractivity contribution in [2.45, 2.75) is 32.9 Å². The number of benzene rings is 2. The lowest BCUT2D eigenvalue weighted by Gasteiger charge is -2.17. The van der Waals surface area contributed by atoms with Gasteiger partial charge in [-0.2, -0.15) is 0 Å². The minimum absolute atomic E-state index is 0.193. The second kappa shape index (κ2) is 7.78. The predicted octanol–water partition coefficient (Wildman–Crippen LogP) is 2.51. The Hall–Kier alpha value is -2.34. The summed E-state index contributed by atoms with van der Waals surface area (Å²) in [5.41, 5.74) is 5.18. The average Bonchev–Trinajstić information content (AvgIpc) is 2.51. The van der Waals surface area contributed by atoms with E-state index in [9.17, 15) is 4.79 Å². The molecule has 2 aromatic rings. The van der Waals surface area contributed by atoms with Crippen LogP contribution in [-0.2, 0) is 4.79 Å². The maximum absolute atomic E-state index is 12.0. The third kappa shape index (κ3) is 5.10. The molecule has 0 aromatic heterocycles. The van der Waals surface area contributed by atoms with Crippen LogP contribution in [0.15, 0.2) is 42.5 Å². The highest BCUT2D eigenvalue weighted by Crippen LogP contribution is 2.21. The van der Waals surface area contributed by atoms with Gasteiger partial charge in [0.2, 0.25) is 0 Å². The molecule has 0 unspecified atom stereocenters. The van der Waals surface area contributed by atoms with E-state index >= 15 is 0 Å². The summed E-state index contributed by atoms with van der Waals surface area (Å²) < 4.78 is 5.68. The zero-order valence-corrected chi connectivity index (χ0v) is 14.2. The van der Waals surface area contributed by atoms with E-state index in [4.69, 9.17) is 17.0 Å². The number of nitrogens with one attached hydrogen (secondary N) is 3. The van der Waals surface area contributed by atoms with E-state index in [2.05, 4.69) is 16.2 Å². The van der Waals surface area contributed by atoms with E-state index in [0.29, 0.717) is 10.9 Å². The van der Waals surface area contributed by atoms with Crippen LogP contribution in [-0.4, -0.2) is 23.2 Å². The number of thiocarbonyl (C=S) groups is 1. The Balaban J connectivity index is 1.90. The lowest BCUT2D eigenvalue weighted by Crippen LogP contribution is -2.51. The van der Waals surface area contributed by atoms with Crippen molar-refractivity contribution in [3.05, 3.63) is 42.5 Å². The van der Waals surface area contributed by atoms with Crippen molar-refractivity contribution in [3.8, 4) is 5.75 Å². The molecule has 0 radical (unpaired) electrons. The molecule has 6 heteroatoms. The topological polar surface area (TPSA) is 62.4 Å². The van der Waals surface area contributed by atoms with Crippen molar-refractivity contribution in [1.82, 2.24) is 16.2 Å². The monoisotopic (exact) mass is 331 g/mol. The van der Waals surface area contributed by atoms with Gasteiger partial charge in [0.05, 0.1) is 0 Å². The van der Waals surface area contributed by atoms with Crippen molar-refractivity contribution in [3.63, 3.8) is 0 Å². The highest BCUT2D eigenvalue weighted by Gasteiger charge is 2.15. The molecule has 3 N–H and O–H groups in total. The molecule has 0 aliphatic carbocycles. The molecule has 5 nitrogen and oxygen atoms in total. The molecule has 0 saturated heterocycles. The SMILES string of the molecule is CC(C)NC(=S)NNC(=O)[C@H](C)Oc1ccc2ccccc2c1. The first-order chi connectivity index (χ1) is 11.0. The van der Waals surface area contributed by atoms with Crippen molar-refractivity contribution < 1.29 is 9.53 Å². The van der Waals surface area contributed by atoms with Crippen LogP contribution in [0.5, 0.6) is 5.75 Å². The standard InChI is InChI=1S/C17H21N3O2S/c1-11(2)18-17(23)20-19-16(21)12(3)22-15-9-8-13-6-4-5-7-14(13)10-15/h4-12H,1-3H3,(H,19,21)(H2,18,20,23)/t12-/m0/s1. The lowest BCUT2D eigenvalue weighted by atomic mass is 10.1. The Morgan fingerprint density at radius 3 is 2.43 bits per heavy atom. The number of carbonyl (C=O) groups is 1. The Morgan fingerprint density at radius 2 is 1.74 bits per heavy atom. The number of rotatable bonds is 4. The summed E-state index contributed by atoms with van der Waals surface area (Å²) in [6, 6.07) is 13.9. The molecule has 23 heavy (non-hydrogen) atoms. The molecule has 0 aliphatic rings. The van der Waals surface area contributed by atoms with Crippen molar-refractivity contribution in [2.75, 3.05) is 0 Å². The van der Waals surface area contributed by atoms with Crippen LogP contribution in [0, 0.1) is 0 Å². The van der Waals surface area contributed by atoms with Crippen molar-refractivity contribution in [2.24, 2.45) is 0 Å². The van der Waals surface area contributed by atoms with Gasteiger partial charge in [-0.15, -0.1) is 0 Å². The van der Waals surface area contributed by atoms with Crippen LogP contribution in [0.25, 0.3) is 10.8 Å². The number of ether oxygens (including phenoxy) is 1. The number of hydrogen-bond acceptors (Lipinski definition) is 3. The summed E-state index contributed by atoms with van der Waals surface area (Å²) in [4.78, 5) is 12.0. The van der Waals surface area contributed by atoms with Gasteiger partial charge in [-0.25, -0.2) is 0 Å². The molecule has 0 aliphatic heterocycles. The highest BCUT2D eigenvalue weighted by molar-refractivity contribution is 7.80. The predicted molar refractivity (Wildman–Crippen MR) is 96.2 cm³/mol. The third-order valence-corrected chi connectivity index (χ3v) is 3.34. The second-order valence-electron chi connectivity index (χ2n) is 5.51. The first-order valence-electron chi connectivity index (χ1n) is 7.47. The number of fused-ring (bicyclic) bond motifs is 1. The van der Waals surface area contributed by atoms with E-state index in [1.165, 1.54) is 0 Å². The van der Waals surface area contributed by atoms with Crippen molar-refractivity contribution >= 4 is 34.0 Å². The van der Waals surface area contributed by atoms with E-state index in [-0.39, 0.29) is 11.9 Å². The summed E-state index contributed by atoms with van der Waals surface area (Å²) in [5.74, 6) is 0.347. The quantitative estimate of drug-likeness (QED) is 0.593. The minimum Gasteiger partial charge on any atom is -0.481 e. The summed E-state index contributed by atoms with van der Waals surface area (Å²) in [6.45, 7) is 5.60. The molecule has 0 heterocycles. The molecule has 2 aromatic carbocycles. The number of carbonyl (C=O) groups excluding carboxylic acids is 1. The van der Waals surface area contributed by atoms with Crippen LogP contribution >= 0.6 is 12.2 Å². The Morgan fingerprint density at radius 1 is 1.04 bits per heavy atom. The summed E-state index contributed by atoms with van der Waals surface area (Å²) >= 11 is 5.04. The van der Waals surface area contributed by atoms with Gasteiger partial charge in [0.15, 0.2) is 11.2 Å². The lowest BCUT2D eigenvalue weighted by molar-refractivity contribution is -0.127. The zero-order valence-electron chi connectivity index (χ0n) is 13.4. The van der Waals surface area contributed by atoms with Gasteiger partial charge >= 0.3 is 0 Å². The molecule has 0 bridgehead atoms. The smallest absolute Gasteiger partial charge is 0.279 e. The number of hydrazine groups is 1. The van der Waals surface area contributed by atoms with Gasteiger partial charge < -0.3 is 10.1 Å². The summed E-state index contributed by atoms with van der Waals surface area (Å²) in [6.07, 6.45) is -0.648. The minimum atomic E-state index is -0.648. The van der Waals surface area contributed by atoms with Gasteiger partial charge in [-0.3, -0.25) is 15.6 Å². The first-order valence-corrected chi connectivity index (χ1v) is 7.88. The maximum atomic E-state index is 12.0. The van der Waals surface area contributed by atoms with E-state index < -0.39 is 6.10 Å². The number of hydrogen-bond donors (Lipinski definition) is 3.